The molecule has 8 heteroatoms. The van der Waals surface area contributed by atoms with Crippen molar-refractivity contribution in [2.75, 3.05) is 18.9 Å². The average molecular weight is 362 g/mol. The van der Waals surface area contributed by atoms with Crippen LogP contribution in [0.5, 0.6) is 11.5 Å². The monoisotopic (exact) mass is 361 g/mol. The SMILES string of the molecule is COc1ccc(S(=O)(=O)Nc2cc(Cl)cc(Cl)c2)c(OC)c1. The van der Waals surface area contributed by atoms with Crippen LogP contribution in [0.15, 0.2) is 41.3 Å². The average Bonchev–Trinajstić information content (AvgIpc) is 2.44. The Morgan fingerprint density at radius 3 is 2.14 bits per heavy atom. The predicted molar refractivity (Wildman–Crippen MR) is 86.8 cm³/mol. The lowest BCUT2D eigenvalue weighted by atomic mass is 10.3. The Kier molecular flexibility index (Phi) is 5.05. The van der Waals surface area contributed by atoms with E-state index in [0.717, 1.165) is 0 Å². The van der Waals surface area contributed by atoms with Crippen LogP contribution in [-0.2, 0) is 10.0 Å². The summed E-state index contributed by atoms with van der Waals surface area (Å²) in [6.45, 7) is 0. The van der Waals surface area contributed by atoms with Gasteiger partial charge in [-0.3, -0.25) is 4.72 Å². The van der Waals surface area contributed by atoms with Gasteiger partial charge in [-0.1, -0.05) is 23.2 Å². The quantitative estimate of drug-likeness (QED) is 0.879. The van der Waals surface area contributed by atoms with E-state index in [1.54, 1.807) is 0 Å². The summed E-state index contributed by atoms with van der Waals surface area (Å²) in [6.07, 6.45) is 0. The van der Waals surface area contributed by atoms with Crippen molar-refractivity contribution in [3.05, 3.63) is 46.4 Å². The van der Waals surface area contributed by atoms with E-state index in [-0.39, 0.29) is 16.3 Å². The van der Waals surface area contributed by atoms with Gasteiger partial charge in [-0.2, -0.15) is 0 Å². The number of ether oxygens (including phenoxy) is 2. The third kappa shape index (κ3) is 3.76. The zero-order valence-electron chi connectivity index (χ0n) is 11.8. The van der Waals surface area contributed by atoms with Crippen molar-refractivity contribution in [3.63, 3.8) is 0 Å². The Bertz CT molecular complexity index is 773. The van der Waals surface area contributed by atoms with E-state index in [1.165, 1.54) is 50.6 Å². The number of rotatable bonds is 5. The van der Waals surface area contributed by atoms with Gasteiger partial charge in [-0.05, 0) is 30.3 Å². The second kappa shape index (κ2) is 6.64. The van der Waals surface area contributed by atoms with Gasteiger partial charge in [0.15, 0.2) is 0 Å². The summed E-state index contributed by atoms with van der Waals surface area (Å²) in [7, 11) is -1.00. The van der Waals surface area contributed by atoms with Crippen molar-refractivity contribution in [3.8, 4) is 11.5 Å². The van der Waals surface area contributed by atoms with Gasteiger partial charge in [0.25, 0.3) is 10.0 Å². The van der Waals surface area contributed by atoms with Gasteiger partial charge in [0.05, 0.1) is 19.9 Å². The number of halogens is 2. The third-order valence-electron chi connectivity index (χ3n) is 2.78. The molecule has 1 N–H and O–H groups in total. The Morgan fingerprint density at radius 1 is 0.955 bits per heavy atom. The van der Waals surface area contributed by atoms with Crippen LogP contribution >= 0.6 is 23.2 Å². The molecule has 5 nitrogen and oxygen atoms in total. The lowest BCUT2D eigenvalue weighted by molar-refractivity contribution is 0.386. The van der Waals surface area contributed by atoms with Crippen molar-refractivity contribution in [1.29, 1.82) is 0 Å². The topological polar surface area (TPSA) is 64.6 Å². The third-order valence-corrected chi connectivity index (χ3v) is 4.63. The first kappa shape index (κ1) is 16.7. The van der Waals surface area contributed by atoms with Crippen LogP contribution in [0.2, 0.25) is 10.0 Å². The molecule has 0 radical (unpaired) electrons. The smallest absolute Gasteiger partial charge is 0.265 e. The zero-order valence-corrected chi connectivity index (χ0v) is 14.1. The lowest BCUT2D eigenvalue weighted by Crippen LogP contribution is -2.14. The van der Waals surface area contributed by atoms with Gasteiger partial charge in [-0.15, -0.1) is 0 Å². The van der Waals surface area contributed by atoms with E-state index in [9.17, 15) is 8.42 Å². The van der Waals surface area contributed by atoms with Crippen LogP contribution in [0, 0.1) is 0 Å². The number of hydrogen-bond acceptors (Lipinski definition) is 4. The second-order valence-electron chi connectivity index (χ2n) is 4.28. The molecule has 0 aliphatic rings. The zero-order chi connectivity index (χ0) is 16.3. The van der Waals surface area contributed by atoms with Crippen LogP contribution in [0.4, 0.5) is 5.69 Å². The molecule has 0 atom stereocenters. The molecular formula is C14H13Cl2NO4S. The minimum atomic E-state index is -3.86. The Balaban J connectivity index is 2.42. The van der Waals surface area contributed by atoms with Gasteiger partial charge in [0.2, 0.25) is 0 Å². The summed E-state index contributed by atoms with van der Waals surface area (Å²) in [4.78, 5) is -0.0214. The van der Waals surface area contributed by atoms with Crippen LogP contribution in [0.25, 0.3) is 0 Å². The minimum Gasteiger partial charge on any atom is -0.497 e. The molecule has 0 saturated carbocycles. The first-order valence-corrected chi connectivity index (χ1v) is 8.30. The van der Waals surface area contributed by atoms with Crippen LogP contribution in [-0.4, -0.2) is 22.6 Å². The Hall–Kier alpha value is -1.63. The molecule has 0 amide bonds. The molecule has 0 unspecified atom stereocenters. The summed E-state index contributed by atoms with van der Waals surface area (Å²) in [5.41, 5.74) is 0.260. The molecule has 0 fully saturated rings. The second-order valence-corrected chi connectivity index (χ2v) is 6.80. The van der Waals surface area contributed by atoms with Gasteiger partial charge >= 0.3 is 0 Å². The van der Waals surface area contributed by atoms with Gasteiger partial charge in [0.1, 0.15) is 16.4 Å². The number of methoxy groups -OCH3 is 2. The first-order valence-electron chi connectivity index (χ1n) is 6.06. The molecule has 0 aliphatic heterocycles. The van der Waals surface area contributed by atoms with E-state index >= 15 is 0 Å². The van der Waals surface area contributed by atoms with Crippen molar-refractivity contribution in [1.82, 2.24) is 0 Å². The van der Waals surface area contributed by atoms with Crippen molar-refractivity contribution in [2.24, 2.45) is 0 Å². The van der Waals surface area contributed by atoms with Crippen molar-refractivity contribution >= 4 is 38.9 Å². The summed E-state index contributed by atoms with van der Waals surface area (Å²) in [5.74, 6) is 0.654. The molecule has 22 heavy (non-hydrogen) atoms. The fourth-order valence-corrected chi connectivity index (χ4v) is 3.54. The van der Waals surface area contributed by atoms with E-state index < -0.39 is 10.0 Å². The number of hydrogen-bond donors (Lipinski definition) is 1. The molecule has 2 rings (SSSR count). The maximum absolute atomic E-state index is 12.5. The van der Waals surface area contributed by atoms with Gasteiger partial charge in [0, 0.05) is 16.1 Å². The van der Waals surface area contributed by atoms with Crippen LogP contribution in [0.1, 0.15) is 0 Å². The van der Waals surface area contributed by atoms with Crippen molar-refractivity contribution < 1.29 is 17.9 Å². The van der Waals surface area contributed by atoms with Crippen LogP contribution < -0.4 is 14.2 Å². The number of nitrogens with one attached hydrogen (secondary N) is 1. The highest BCUT2D eigenvalue weighted by molar-refractivity contribution is 7.92. The van der Waals surface area contributed by atoms with Gasteiger partial charge in [-0.25, -0.2) is 8.42 Å². The summed E-state index contributed by atoms with van der Waals surface area (Å²) in [6, 6.07) is 8.84. The molecule has 0 aromatic heterocycles. The predicted octanol–water partition coefficient (Wildman–Crippen LogP) is 3.81. The Morgan fingerprint density at radius 2 is 1.59 bits per heavy atom. The van der Waals surface area contributed by atoms with E-state index in [4.69, 9.17) is 32.7 Å². The maximum atomic E-state index is 12.5. The first-order chi connectivity index (χ1) is 10.4. The van der Waals surface area contributed by atoms with E-state index in [1.807, 2.05) is 0 Å². The summed E-state index contributed by atoms with van der Waals surface area (Å²) in [5, 5.41) is 0.652. The molecule has 0 spiro atoms. The lowest BCUT2D eigenvalue weighted by Gasteiger charge is -2.13. The molecule has 0 aliphatic carbocycles. The van der Waals surface area contributed by atoms with E-state index in [2.05, 4.69) is 4.72 Å². The largest absolute Gasteiger partial charge is 0.497 e. The summed E-state index contributed by atoms with van der Waals surface area (Å²) < 4.78 is 37.5. The van der Waals surface area contributed by atoms with Gasteiger partial charge < -0.3 is 9.47 Å². The number of sulfonamides is 1. The van der Waals surface area contributed by atoms with Crippen LogP contribution in [0.3, 0.4) is 0 Å². The normalized spacial score (nSPS) is 11.1. The molecule has 0 heterocycles. The highest BCUT2D eigenvalue weighted by atomic mass is 35.5. The maximum Gasteiger partial charge on any atom is 0.265 e. The molecule has 118 valence electrons. The number of anilines is 1. The molecular weight excluding hydrogens is 349 g/mol. The molecule has 2 aromatic carbocycles. The highest BCUT2D eigenvalue weighted by Gasteiger charge is 2.20. The molecule has 0 bridgehead atoms. The Labute approximate surface area is 138 Å². The minimum absolute atomic E-state index is 0.0214. The fourth-order valence-electron chi connectivity index (χ4n) is 1.82. The fraction of sp³-hybridized carbons (Fsp3) is 0.143. The molecule has 0 saturated heterocycles. The van der Waals surface area contributed by atoms with Crippen molar-refractivity contribution in [2.45, 2.75) is 4.90 Å². The van der Waals surface area contributed by atoms with E-state index in [0.29, 0.717) is 15.8 Å². The standard InChI is InChI=1S/C14H13Cl2NO4S/c1-20-12-3-4-14(13(8-12)21-2)22(18,19)17-11-6-9(15)5-10(16)7-11/h3-8,17H,1-2H3. The summed E-state index contributed by atoms with van der Waals surface area (Å²) >= 11 is 11.7. The highest BCUT2D eigenvalue weighted by Crippen LogP contribution is 2.31. The molecule has 2 aromatic rings. The number of benzene rings is 2.